The molecule has 4 heteroatoms. The van der Waals surface area contributed by atoms with Crippen LogP contribution in [-0.2, 0) is 9.20 Å². The summed E-state index contributed by atoms with van der Waals surface area (Å²) in [7, 11) is 0. The van der Waals surface area contributed by atoms with E-state index in [4.69, 9.17) is 0 Å². The maximum atomic E-state index is 11.2. The van der Waals surface area contributed by atoms with E-state index in [0.29, 0.717) is 5.56 Å². The number of rotatable bonds is 1. The van der Waals surface area contributed by atoms with Crippen LogP contribution in [0.1, 0.15) is 36.7 Å². The minimum absolute atomic E-state index is 0. The third-order valence-electron chi connectivity index (χ3n) is 2.12. The lowest BCUT2D eigenvalue weighted by molar-refractivity contribution is 0.0749. The molecular weight excluding hydrogens is 207 g/mol. The predicted octanol–water partition coefficient (Wildman–Crippen LogP) is 1.13. The van der Waals surface area contributed by atoms with Crippen molar-refractivity contribution in [3.8, 4) is 0 Å². The molecule has 0 heterocycles. The molecule has 0 unspecified atom stereocenters. The van der Waals surface area contributed by atoms with E-state index in [1.807, 2.05) is 12.1 Å². The molecular formula is C11H16AlO3. The first-order valence-corrected chi connectivity index (χ1v) is 5.10. The van der Waals surface area contributed by atoms with Gasteiger partial charge in [0.15, 0.2) is 0 Å². The normalized spacial score (nSPS) is 10.3. The van der Waals surface area contributed by atoms with E-state index < -0.39 is 0 Å². The predicted molar refractivity (Wildman–Crippen MR) is 61.3 cm³/mol. The fourth-order valence-corrected chi connectivity index (χ4v) is 1.36. The van der Waals surface area contributed by atoms with Gasteiger partial charge in [0, 0.05) is 0 Å². The van der Waals surface area contributed by atoms with E-state index >= 15 is 0 Å². The monoisotopic (exact) mass is 223 g/mol. The summed E-state index contributed by atoms with van der Waals surface area (Å²) in [5.74, 6) is -0.274. The van der Waals surface area contributed by atoms with Crippen LogP contribution in [0.25, 0.3) is 0 Å². The molecule has 0 saturated heterocycles. The largest absolute Gasteiger partial charge is 0.621 e. The molecule has 1 aromatic carbocycles. The second-order valence-electron chi connectivity index (χ2n) is 4.26. The Bertz CT molecular complexity index is 325. The van der Waals surface area contributed by atoms with Gasteiger partial charge < -0.3 is 9.26 Å². The van der Waals surface area contributed by atoms with Crippen molar-refractivity contribution in [2.75, 3.05) is 0 Å². The first kappa shape index (κ1) is 14.2. The molecule has 81 valence electrons. The highest BCUT2D eigenvalue weighted by molar-refractivity contribution is 6.09. The van der Waals surface area contributed by atoms with E-state index in [9.17, 15) is 4.79 Å². The fraction of sp³-hybridized carbons (Fsp3) is 0.364. The van der Waals surface area contributed by atoms with Gasteiger partial charge in [0.1, 0.15) is 0 Å². The van der Waals surface area contributed by atoms with Crippen molar-refractivity contribution in [2.24, 2.45) is 0 Å². The standard InChI is InChI=1S/C11H14O2.Al.H2O.H/c1-11(2,3)9-6-4-8(5-7-9)10(12)13;;;/h4-7H,1-3H3,(H,12,13);;1H2;/q;+1;;/p-1. The summed E-state index contributed by atoms with van der Waals surface area (Å²) < 4.78 is 4.65. The molecule has 0 saturated carbocycles. The van der Waals surface area contributed by atoms with Gasteiger partial charge in [-0.15, -0.1) is 0 Å². The van der Waals surface area contributed by atoms with Gasteiger partial charge in [0.25, 0.3) is 0 Å². The summed E-state index contributed by atoms with van der Waals surface area (Å²) in [5, 5.41) is 0. The van der Waals surface area contributed by atoms with Crippen molar-refractivity contribution < 1.29 is 14.1 Å². The van der Waals surface area contributed by atoms with Gasteiger partial charge in [-0.25, -0.2) is 4.79 Å². The van der Waals surface area contributed by atoms with Crippen molar-refractivity contribution >= 4 is 22.6 Å². The van der Waals surface area contributed by atoms with Gasteiger partial charge in [-0.05, 0) is 23.1 Å². The summed E-state index contributed by atoms with van der Waals surface area (Å²) >= 11 is 1.20. The van der Waals surface area contributed by atoms with E-state index in [0.717, 1.165) is 0 Å². The van der Waals surface area contributed by atoms with Crippen LogP contribution in [0.2, 0.25) is 0 Å². The zero-order valence-electron chi connectivity index (χ0n) is 9.33. The summed E-state index contributed by atoms with van der Waals surface area (Å²) in [6.45, 7) is 6.42. The summed E-state index contributed by atoms with van der Waals surface area (Å²) in [5.41, 5.74) is 1.94. The highest BCUT2D eigenvalue weighted by Crippen LogP contribution is 2.22. The molecule has 0 spiro atoms. The topological polar surface area (TPSA) is 57.8 Å². The van der Waals surface area contributed by atoms with Gasteiger partial charge in [-0.2, -0.15) is 0 Å². The molecule has 0 atom stereocenters. The van der Waals surface area contributed by atoms with Crippen LogP contribution in [-0.4, -0.2) is 28.1 Å². The number of hydrogen-bond donors (Lipinski definition) is 0. The summed E-state index contributed by atoms with van der Waals surface area (Å²) in [6, 6.07) is 7.54. The number of carbonyl (C=O) groups is 1. The lowest BCUT2D eigenvalue weighted by Crippen LogP contribution is -2.11. The Kier molecular flexibility index (Phi) is 5.03. The van der Waals surface area contributed by atoms with Gasteiger partial charge in [0.2, 0.25) is 0 Å². The van der Waals surface area contributed by atoms with Crippen LogP contribution in [0.3, 0.4) is 0 Å². The molecule has 0 amide bonds. The van der Waals surface area contributed by atoms with Gasteiger partial charge in [-0.3, -0.25) is 0 Å². The Morgan fingerprint density at radius 3 is 2.00 bits per heavy atom. The molecule has 3 nitrogen and oxygen atoms in total. The Balaban J connectivity index is 0.00000196. The molecule has 0 aromatic heterocycles. The summed E-state index contributed by atoms with van der Waals surface area (Å²) in [6.07, 6.45) is 0. The SMILES string of the molecule is CC(C)(C)c1ccc(C(=O)[O][AlH])cc1.O. The summed E-state index contributed by atoms with van der Waals surface area (Å²) in [4.78, 5) is 11.2. The van der Waals surface area contributed by atoms with Crippen molar-refractivity contribution in [3.63, 3.8) is 0 Å². The number of benzene rings is 1. The fourth-order valence-electron chi connectivity index (χ4n) is 1.19. The van der Waals surface area contributed by atoms with Gasteiger partial charge in [0.05, 0.1) is 5.56 Å². The molecule has 0 aliphatic heterocycles. The van der Waals surface area contributed by atoms with Crippen LogP contribution in [0, 0.1) is 0 Å². The Labute approximate surface area is 98.5 Å². The molecule has 2 N–H and O–H groups in total. The second kappa shape index (κ2) is 5.32. The zero-order chi connectivity index (χ0) is 10.8. The van der Waals surface area contributed by atoms with Gasteiger partial charge in [-0.1, -0.05) is 32.9 Å². The van der Waals surface area contributed by atoms with E-state index in [2.05, 4.69) is 24.6 Å². The smallest absolute Gasteiger partial charge is 0.497 e. The molecule has 0 aliphatic carbocycles. The van der Waals surface area contributed by atoms with Crippen LogP contribution >= 0.6 is 0 Å². The van der Waals surface area contributed by atoms with E-state index in [1.165, 1.54) is 22.2 Å². The van der Waals surface area contributed by atoms with Crippen LogP contribution in [0.15, 0.2) is 24.3 Å². The molecule has 15 heavy (non-hydrogen) atoms. The van der Waals surface area contributed by atoms with Crippen molar-refractivity contribution in [1.29, 1.82) is 0 Å². The molecule has 0 bridgehead atoms. The Hall–Kier alpha value is -0.818. The average molecular weight is 223 g/mol. The highest BCUT2D eigenvalue weighted by atomic mass is 27.1. The minimum Gasteiger partial charge on any atom is -0.621 e. The van der Waals surface area contributed by atoms with Crippen LogP contribution in [0.5, 0.6) is 0 Å². The average Bonchev–Trinajstić information content (AvgIpc) is 2.15. The lowest BCUT2D eigenvalue weighted by atomic mass is 9.87. The first-order chi connectivity index (χ1) is 6.45. The quantitative estimate of drug-likeness (QED) is 0.670. The first-order valence-electron chi connectivity index (χ1n) is 4.52. The van der Waals surface area contributed by atoms with Crippen molar-refractivity contribution in [2.45, 2.75) is 26.2 Å². The van der Waals surface area contributed by atoms with Crippen molar-refractivity contribution in [1.82, 2.24) is 0 Å². The zero-order valence-corrected chi connectivity index (χ0v) is 10.7. The number of hydrogen-bond acceptors (Lipinski definition) is 2. The molecule has 1 rings (SSSR count). The lowest BCUT2D eigenvalue weighted by Gasteiger charge is -2.18. The number of carbonyl (C=O) groups excluding carboxylic acids is 1. The van der Waals surface area contributed by atoms with E-state index in [1.54, 1.807) is 12.1 Å². The molecule has 0 aliphatic rings. The molecule has 0 fully saturated rings. The van der Waals surface area contributed by atoms with Gasteiger partial charge >= 0.3 is 22.6 Å². The third kappa shape index (κ3) is 3.67. The van der Waals surface area contributed by atoms with E-state index in [-0.39, 0.29) is 16.9 Å². The highest BCUT2D eigenvalue weighted by Gasteiger charge is 2.13. The molecule has 1 radical (unpaired) electrons. The second-order valence-corrected chi connectivity index (χ2v) is 4.55. The Morgan fingerprint density at radius 2 is 1.67 bits per heavy atom. The van der Waals surface area contributed by atoms with Crippen LogP contribution in [0.4, 0.5) is 0 Å². The third-order valence-corrected chi connectivity index (χ3v) is 2.38. The maximum Gasteiger partial charge on any atom is 0.497 e. The minimum atomic E-state index is -0.274. The maximum absolute atomic E-state index is 11.2. The molecule has 1 aromatic rings. The van der Waals surface area contributed by atoms with Crippen LogP contribution < -0.4 is 0 Å². The Morgan fingerprint density at radius 1 is 1.20 bits per heavy atom. The van der Waals surface area contributed by atoms with Crippen molar-refractivity contribution in [3.05, 3.63) is 35.4 Å².